The van der Waals surface area contributed by atoms with Crippen molar-refractivity contribution in [2.24, 2.45) is 0 Å². The Morgan fingerprint density at radius 1 is 1.26 bits per heavy atom. The minimum Gasteiger partial charge on any atom is -0.494 e. The minimum atomic E-state index is 0.627. The second-order valence-corrected chi connectivity index (χ2v) is 5.75. The van der Waals surface area contributed by atoms with Crippen LogP contribution >= 0.6 is 12.2 Å². The Labute approximate surface area is 143 Å². The molecule has 1 aromatic heterocycles. The molecule has 0 aliphatic carbocycles. The molecule has 0 unspecified atom stereocenters. The van der Waals surface area contributed by atoms with Gasteiger partial charge in [0.15, 0.2) is 5.11 Å². The second kappa shape index (κ2) is 8.53. The molecule has 0 saturated carbocycles. The fourth-order valence-corrected chi connectivity index (χ4v) is 2.53. The summed E-state index contributed by atoms with van der Waals surface area (Å²) in [6, 6.07) is 9.85. The maximum atomic E-state index is 5.41. The quantitative estimate of drug-likeness (QED) is 0.602. The summed E-state index contributed by atoms with van der Waals surface area (Å²) in [7, 11) is 0. The van der Waals surface area contributed by atoms with Gasteiger partial charge in [0.1, 0.15) is 5.75 Å². The standard InChI is InChI=1S/C17H24N4OS/c1-4-22-16-8-6-15(7-9-16)19-17(23)18-10-5-11-21-14(3)12-13(2)20-21/h6-9,12H,4-5,10-11H2,1-3H3,(H2,18,19,23). The highest BCUT2D eigenvalue weighted by atomic mass is 32.1. The van der Waals surface area contributed by atoms with Crippen LogP contribution in [0.1, 0.15) is 24.7 Å². The molecule has 2 N–H and O–H groups in total. The molecule has 0 saturated heterocycles. The van der Waals surface area contributed by atoms with Gasteiger partial charge in [-0.1, -0.05) is 0 Å². The van der Waals surface area contributed by atoms with E-state index in [9.17, 15) is 0 Å². The lowest BCUT2D eigenvalue weighted by molar-refractivity contribution is 0.340. The van der Waals surface area contributed by atoms with Crippen LogP contribution in [-0.4, -0.2) is 28.0 Å². The fourth-order valence-electron chi connectivity index (χ4n) is 2.31. The molecule has 0 fully saturated rings. The highest BCUT2D eigenvalue weighted by Gasteiger charge is 2.01. The van der Waals surface area contributed by atoms with Crippen molar-refractivity contribution < 1.29 is 4.74 Å². The zero-order valence-corrected chi connectivity index (χ0v) is 14.7. The van der Waals surface area contributed by atoms with Gasteiger partial charge in [-0.15, -0.1) is 0 Å². The summed E-state index contributed by atoms with van der Waals surface area (Å²) in [6.07, 6.45) is 0.965. The number of thiocarbonyl (C=S) groups is 1. The molecule has 2 aromatic rings. The Kier molecular flexibility index (Phi) is 6.40. The average Bonchev–Trinajstić information content (AvgIpc) is 2.84. The summed E-state index contributed by atoms with van der Waals surface area (Å²) >= 11 is 5.30. The Bertz CT molecular complexity index is 637. The number of aryl methyl sites for hydroxylation is 3. The number of hydrogen-bond donors (Lipinski definition) is 2. The molecular formula is C17H24N4OS. The molecule has 1 heterocycles. The van der Waals surface area contributed by atoms with Gasteiger partial charge >= 0.3 is 0 Å². The largest absolute Gasteiger partial charge is 0.494 e. The maximum Gasteiger partial charge on any atom is 0.170 e. The fraction of sp³-hybridized carbons (Fsp3) is 0.412. The monoisotopic (exact) mass is 332 g/mol. The van der Waals surface area contributed by atoms with Crippen molar-refractivity contribution in [3.05, 3.63) is 41.7 Å². The van der Waals surface area contributed by atoms with Crippen molar-refractivity contribution in [3.8, 4) is 5.75 Å². The van der Waals surface area contributed by atoms with Crippen molar-refractivity contribution in [2.75, 3.05) is 18.5 Å². The lowest BCUT2D eigenvalue weighted by Gasteiger charge is -2.11. The smallest absolute Gasteiger partial charge is 0.170 e. The molecule has 0 spiro atoms. The van der Waals surface area contributed by atoms with E-state index in [0.29, 0.717) is 11.7 Å². The van der Waals surface area contributed by atoms with E-state index in [1.54, 1.807) is 0 Å². The van der Waals surface area contributed by atoms with Gasteiger partial charge in [-0.2, -0.15) is 5.10 Å². The van der Waals surface area contributed by atoms with Crippen molar-refractivity contribution in [3.63, 3.8) is 0 Å². The summed E-state index contributed by atoms with van der Waals surface area (Å²) < 4.78 is 7.44. The molecule has 23 heavy (non-hydrogen) atoms. The highest BCUT2D eigenvalue weighted by Crippen LogP contribution is 2.15. The van der Waals surface area contributed by atoms with E-state index in [4.69, 9.17) is 17.0 Å². The number of aromatic nitrogens is 2. The number of anilines is 1. The first-order chi connectivity index (χ1) is 11.1. The molecule has 0 radical (unpaired) electrons. The Hall–Kier alpha value is -2.08. The van der Waals surface area contributed by atoms with Gasteiger partial charge in [-0.25, -0.2) is 0 Å². The zero-order valence-electron chi connectivity index (χ0n) is 13.9. The van der Waals surface area contributed by atoms with Crippen molar-refractivity contribution in [1.82, 2.24) is 15.1 Å². The molecule has 5 nitrogen and oxygen atoms in total. The van der Waals surface area contributed by atoms with Gasteiger partial charge in [-0.3, -0.25) is 4.68 Å². The predicted octanol–water partition coefficient (Wildman–Crippen LogP) is 3.28. The molecule has 6 heteroatoms. The van der Waals surface area contributed by atoms with Crippen molar-refractivity contribution in [1.29, 1.82) is 0 Å². The van der Waals surface area contributed by atoms with Crippen LogP contribution in [0.5, 0.6) is 5.75 Å². The molecule has 0 amide bonds. The first-order valence-electron chi connectivity index (χ1n) is 7.87. The van der Waals surface area contributed by atoms with Crippen LogP contribution in [0.2, 0.25) is 0 Å². The third kappa shape index (κ3) is 5.56. The van der Waals surface area contributed by atoms with Crippen molar-refractivity contribution >= 4 is 23.0 Å². The minimum absolute atomic E-state index is 0.627. The Balaban J connectivity index is 1.69. The number of ether oxygens (including phenoxy) is 1. The maximum absolute atomic E-state index is 5.41. The van der Waals surface area contributed by atoms with E-state index in [2.05, 4.69) is 28.7 Å². The summed E-state index contributed by atoms with van der Waals surface area (Å²) in [4.78, 5) is 0. The molecule has 0 aliphatic rings. The van der Waals surface area contributed by atoms with E-state index in [1.807, 2.05) is 42.8 Å². The van der Waals surface area contributed by atoms with E-state index in [0.717, 1.165) is 36.6 Å². The van der Waals surface area contributed by atoms with Crippen LogP contribution in [0.25, 0.3) is 0 Å². The molecule has 1 aromatic carbocycles. The van der Waals surface area contributed by atoms with Gasteiger partial charge in [0.05, 0.1) is 12.3 Å². The third-order valence-electron chi connectivity index (χ3n) is 3.36. The van der Waals surface area contributed by atoms with Crippen LogP contribution in [0.15, 0.2) is 30.3 Å². The lowest BCUT2D eigenvalue weighted by atomic mass is 10.3. The van der Waals surface area contributed by atoms with E-state index >= 15 is 0 Å². The SMILES string of the molecule is CCOc1ccc(NC(=S)NCCCn2nc(C)cc2C)cc1. The molecular weight excluding hydrogens is 308 g/mol. The highest BCUT2D eigenvalue weighted by molar-refractivity contribution is 7.80. The molecule has 0 atom stereocenters. The van der Waals surface area contributed by atoms with E-state index in [-0.39, 0.29) is 0 Å². The summed E-state index contributed by atoms with van der Waals surface area (Å²) in [5, 5.41) is 11.5. The number of rotatable bonds is 7. The molecule has 0 bridgehead atoms. The topological polar surface area (TPSA) is 51.1 Å². The summed E-state index contributed by atoms with van der Waals surface area (Å²) in [6.45, 7) is 8.42. The Morgan fingerprint density at radius 3 is 2.61 bits per heavy atom. The average molecular weight is 332 g/mol. The third-order valence-corrected chi connectivity index (χ3v) is 3.61. The normalized spacial score (nSPS) is 10.4. The van der Waals surface area contributed by atoms with Crippen LogP contribution < -0.4 is 15.4 Å². The van der Waals surface area contributed by atoms with Crippen LogP contribution in [0.3, 0.4) is 0 Å². The van der Waals surface area contributed by atoms with Crippen molar-refractivity contribution in [2.45, 2.75) is 33.7 Å². The van der Waals surface area contributed by atoms with Gasteiger partial charge in [-0.05, 0) is 69.7 Å². The molecule has 0 aliphatic heterocycles. The van der Waals surface area contributed by atoms with E-state index in [1.165, 1.54) is 5.69 Å². The summed E-state index contributed by atoms with van der Waals surface area (Å²) in [5.74, 6) is 0.863. The lowest BCUT2D eigenvalue weighted by Crippen LogP contribution is -2.29. The van der Waals surface area contributed by atoms with Gasteiger partial charge in [0.25, 0.3) is 0 Å². The van der Waals surface area contributed by atoms with Gasteiger partial charge in [0, 0.05) is 24.5 Å². The molecule has 124 valence electrons. The van der Waals surface area contributed by atoms with Gasteiger partial charge in [0.2, 0.25) is 0 Å². The van der Waals surface area contributed by atoms with E-state index < -0.39 is 0 Å². The number of hydrogen-bond acceptors (Lipinski definition) is 3. The van der Waals surface area contributed by atoms with Gasteiger partial charge < -0.3 is 15.4 Å². The predicted molar refractivity (Wildman–Crippen MR) is 98.2 cm³/mol. The number of nitrogens with zero attached hydrogens (tertiary/aromatic N) is 2. The van der Waals surface area contributed by atoms with Crippen LogP contribution in [0, 0.1) is 13.8 Å². The second-order valence-electron chi connectivity index (χ2n) is 5.34. The van der Waals surface area contributed by atoms with Crippen LogP contribution in [-0.2, 0) is 6.54 Å². The molecule has 2 rings (SSSR count). The van der Waals surface area contributed by atoms with Crippen LogP contribution in [0.4, 0.5) is 5.69 Å². The summed E-state index contributed by atoms with van der Waals surface area (Å²) in [5.41, 5.74) is 3.20. The first kappa shape index (κ1) is 17.3. The zero-order chi connectivity index (χ0) is 16.7. The Morgan fingerprint density at radius 2 is 2.00 bits per heavy atom. The first-order valence-corrected chi connectivity index (χ1v) is 8.28. The number of benzene rings is 1. The number of nitrogens with one attached hydrogen (secondary N) is 2.